The van der Waals surface area contributed by atoms with Gasteiger partial charge in [0.25, 0.3) is 0 Å². The Morgan fingerprint density at radius 1 is 1.67 bits per heavy atom. The van der Waals surface area contributed by atoms with E-state index in [1.807, 2.05) is 6.92 Å². The fraction of sp³-hybridized carbons (Fsp3) is 0.625. The van der Waals surface area contributed by atoms with Crippen molar-refractivity contribution in [3.8, 4) is 0 Å². The molecule has 0 aliphatic rings. The Hall–Kier alpha value is -0.870. The summed E-state index contributed by atoms with van der Waals surface area (Å²) < 4.78 is 0. The fourth-order valence-electron chi connectivity index (χ4n) is 0.636. The first-order chi connectivity index (χ1) is 5.42. The molecular formula is C8H17N3O. The molecule has 0 aliphatic carbocycles. The Morgan fingerprint density at radius 2 is 2.17 bits per heavy atom. The number of ketones is 1. The molecule has 12 heavy (non-hydrogen) atoms. The number of nitrogens with one attached hydrogen (secondary N) is 1. The molecular weight excluding hydrogens is 154 g/mol. The van der Waals surface area contributed by atoms with Gasteiger partial charge in [-0.3, -0.25) is 10.1 Å². The summed E-state index contributed by atoms with van der Waals surface area (Å²) in [4.78, 5) is 10.7. The van der Waals surface area contributed by atoms with Crippen LogP contribution in [-0.4, -0.2) is 24.4 Å². The molecule has 0 heterocycles. The van der Waals surface area contributed by atoms with E-state index in [2.05, 4.69) is 11.9 Å². The van der Waals surface area contributed by atoms with E-state index >= 15 is 0 Å². The molecule has 0 saturated heterocycles. The summed E-state index contributed by atoms with van der Waals surface area (Å²) in [6.07, 6.45) is 0. The normalized spacial score (nSPS) is 15.2. The minimum atomic E-state index is -0.536. The van der Waals surface area contributed by atoms with Crippen LogP contribution in [0.25, 0.3) is 0 Å². The summed E-state index contributed by atoms with van der Waals surface area (Å²) >= 11 is 0. The smallest absolute Gasteiger partial charge is 0.143 e. The fourth-order valence-corrected chi connectivity index (χ4v) is 0.636. The average Bonchev–Trinajstić information content (AvgIpc) is 1.99. The van der Waals surface area contributed by atoms with E-state index in [1.165, 1.54) is 6.92 Å². The molecule has 1 unspecified atom stereocenters. The Bertz CT molecular complexity index is 191. The number of nitrogens with two attached hydrogens (primary N) is 2. The first-order valence-electron chi connectivity index (χ1n) is 3.82. The van der Waals surface area contributed by atoms with Gasteiger partial charge in [0.2, 0.25) is 0 Å². The molecule has 5 N–H and O–H groups in total. The molecule has 0 bridgehead atoms. The number of carbonyl (C=O) groups is 1. The number of rotatable bonds is 5. The Morgan fingerprint density at radius 3 is 2.42 bits per heavy atom. The van der Waals surface area contributed by atoms with Crippen LogP contribution in [0.1, 0.15) is 13.8 Å². The highest BCUT2D eigenvalue weighted by atomic mass is 16.1. The van der Waals surface area contributed by atoms with E-state index < -0.39 is 5.54 Å². The van der Waals surface area contributed by atoms with Gasteiger partial charge in [-0.05, 0) is 13.8 Å². The first kappa shape index (κ1) is 11.1. The van der Waals surface area contributed by atoms with E-state index in [9.17, 15) is 4.79 Å². The van der Waals surface area contributed by atoms with Crippen LogP contribution in [0.5, 0.6) is 0 Å². The van der Waals surface area contributed by atoms with Crippen molar-refractivity contribution >= 4 is 5.78 Å². The lowest BCUT2D eigenvalue weighted by molar-refractivity contribution is -0.116. The molecule has 0 aromatic carbocycles. The number of carbonyl (C=O) groups excluding carboxylic acids is 1. The van der Waals surface area contributed by atoms with Gasteiger partial charge < -0.3 is 11.5 Å². The molecule has 1 atom stereocenters. The highest BCUT2D eigenvalue weighted by Gasteiger charge is 2.23. The topological polar surface area (TPSA) is 81.1 Å². The second kappa shape index (κ2) is 4.23. The zero-order chi connectivity index (χ0) is 9.78. The summed E-state index contributed by atoms with van der Waals surface area (Å²) in [5.41, 5.74) is 10.9. The van der Waals surface area contributed by atoms with Crippen molar-refractivity contribution < 1.29 is 4.79 Å². The zero-order valence-corrected chi connectivity index (χ0v) is 7.68. The van der Waals surface area contributed by atoms with Crippen LogP contribution in [0.2, 0.25) is 0 Å². The van der Waals surface area contributed by atoms with Gasteiger partial charge in [0.05, 0.1) is 12.1 Å². The van der Waals surface area contributed by atoms with Gasteiger partial charge >= 0.3 is 0 Å². The summed E-state index contributed by atoms with van der Waals surface area (Å²) in [7, 11) is 0. The van der Waals surface area contributed by atoms with Crippen molar-refractivity contribution in [2.24, 2.45) is 11.5 Å². The minimum absolute atomic E-state index is 0.0518. The predicted octanol–water partition coefficient (Wildman–Crippen LogP) is -0.645. The van der Waals surface area contributed by atoms with Crippen molar-refractivity contribution in [3.63, 3.8) is 0 Å². The van der Waals surface area contributed by atoms with Crippen molar-refractivity contribution in [1.29, 1.82) is 0 Å². The monoisotopic (exact) mass is 171 g/mol. The molecule has 0 rings (SSSR count). The lowest BCUT2D eigenvalue weighted by Crippen LogP contribution is -2.53. The molecule has 0 aromatic rings. The SMILES string of the molecule is C=C(N)C(C)(CN)NCC(C)=O. The second-order valence-electron chi connectivity index (χ2n) is 3.12. The number of hydrogen-bond donors (Lipinski definition) is 3. The van der Waals surface area contributed by atoms with Crippen molar-refractivity contribution in [1.82, 2.24) is 5.32 Å². The molecule has 0 spiro atoms. The van der Waals surface area contributed by atoms with E-state index in [1.54, 1.807) is 0 Å². The maximum atomic E-state index is 10.7. The van der Waals surface area contributed by atoms with Gasteiger partial charge in [0.15, 0.2) is 0 Å². The van der Waals surface area contributed by atoms with Crippen molar-refractivity contribution in [2.45, 2.75) is 19.4 Å². The van der Waals surface area contributed by atoms with Crippen LogP contribution in [-0.2, 0) is 4.79 Å². The molecule has 0 saturated carbocycles. The molecule has 70 valence electrons. The average molecular weight is 171 g/mol. The van der Waals surface area contributed by atoms with E-state index in [0.717, 1.165) is 0 Å². The predicted molar refractivity (Wildman–Crippen MR) is 49.5 cm³/mol. The van der Waals surface area contributed by atoms with E-state index in [-0.39, 0.29) is 12.3 Å². The van der Waals surface area contributed by atoms with Crippen molar-refractivity contribution in [3.05, 3.63) is 12.3 Å². The van der Waals surface area contributed by atoms with Gasteiger partial charge in [0, 0.05) is 12.2 Å². The van der Waals surface area contributed by atoms with Gasteiger partial charge in [-0.25, -0.2) is 0 Å². The van der Waals surface area contributed by atoms with Gasteiger partial charge in [-0.1, -0.05) is 6.58 Å². The highest BCUT2D eigenvalue weighted by Crippen LogP contribution is 2.06. The van der Waals surface area contributed by atoms with Gasteiger partial charge in [-0.15, -0.1) is 0 Å². The second-order valence-corrected chi connectivity index (χ2v) is 3.12. The molecule has 4 nitrogen and oxygen atoms in total. The zero-order valence-electron chi connectivity index (χ0n) is 7.68. The van der Waals surface area contributed by atoms with Gasteiger partial charge in [0.1, 0.15) is 5.78 Å². The maximum Gasteiger partial charge on any atom is 0.143 e. The summed E-state index contributed by atoms with van der Waals surface area (Å²) in [6, 6.07) is 0. The molecule has 0 radical (unpaired) electrons. The first-order valence-corrected chi connectivity index (χ1v) is 3.82. The van der Waals surface area contributed by atoms with Crippen LogP contribution < -0.4 is 16.8 Å². The van der Waals surface area contributed by atoms with Gasteiger partial charge in [-0.2, -0.15) is 0 Å². The lowest BCUT2D eigenvalue weighted by Gasteiger charge is -2.28. The quantitative estimate of drug-likeness (QED) is 0.513. The Balaban J connectivity index is 4.15. The molecule has 0 aliphatic heterocycles. The summed E-state index contributed by atoms with van der Waals surface area (Å²) in [5, 5.41) is 2.95. The number of Topliss-reactive ketones (excluding diaryl/α,β-unsaturated/α-hetero) is 1. The third-order valence-corrected chi connectivity index (χ3v) is 1.84. The maximum absolute atomic E-state index is 10.7. The van der Waals surface area contributed by atoms with Crippen LogP contribution in [0, 0.1) is 0 Å². The van der Waals surface area contributed by atoms with E-state index in [0.29, 0.717) is 12.2 Å². The van der Waals surface area contributed by atoms with Crippen LogP contribution in [0.3, 0.4) is 0 Å². The molecule has 0 fully saturated rings. The Kier molecular flexibility index (Phi) is 3.92. The lowest BCUT2D eigenvalue weighted by atomic mass is 9.99. The summed E-state index contributed by atoms with van der Waals surface area (Å²) in [6.45, 7) is 7.52. The molecule has 0 aromatic heterocycles. The minimum Gasteiger partial charge on any atom is -0.401 e. The van der Waals surface area contributed by atoms with Crippen molar-refractivity contribution in [2.75, 3.05) is 13.1 Å². The van der Waals surface area contributed by atoms with Crippen LogP contribution in [0.4, 0.5) is 0 Å². The standard InChI is InChI=1S/C8H17N3O/c1-6(12)4-11-8(3,5-9)7(2)10/h11H,2,4-5,9-10H2,1,3H3. The number of hydrogen-bond acceptors (Lipinski definition) is 4. The van der Waals surface area contributed by atoms with E-state index in [4.69, 9.17) is 11.5 Å². The van der Waals surface area contributed by atoms with Crippen LogP contribution >= 0.6 is 0 Å². The molecule has 0 amide bonds. The van der Waals surface area contributed by atoms with Crippen LogP contribution in [0.15, 0.2) is 12.3 Å². The third-order valence-electron chi connectivity index (χ3n) is 1.84. The highest BCUT2D eigenvalue weighted by molar-refractivity contribution is 5.77. The third kappa shape index (κ3) is 3.02. The summed E-state index contributed by atoms with van der Waals surface area (Å²) in [5.74, 6) is 0.0518. The largest absolute Gasteiger partial charge is 0.401 e. The Labute approximate surface area is 73.0 Å². The molecule has 4 heteroatoms.